The van der Waals surface area contributed by atoms with Crippen molar-refractivity contribution in [2.75, 3.05) is 33.9 Å². The third-order valence-electron chi connectivity index (χ3n) is 2.28. The Bertz CT molecular complexity index is 390. The molecule has 19 heavy (non-hydrogen) atoms. The predicted molar refractivity (Wildman–Crippen MR) is 71.8 cm³/mol. The van der Waals surface area contributed by atoms with E-state index in [0.717, 1.165) is 5.76 Å². The standard InChI is InChI=1S/C12H20N4O3/c1-13-12(15-8-10-4-3-6-19-10)16-9-11(17)14-5-7-18-2/h3-4,6H,5,7-9H2,1-2H3,(H,14,17)(H2,13,15,16). The molecule has 106 valence electrons. The number of hydrogen-bond donors (Lipinski definition) is 3. The largest absolute Gasteiger partial charge is 0.467 e. The van der Waals surface area contributed by atoms with Crippen molar-refractivity contribution in [1.29, 1.82) is 0 Å². The van der Waals surface area contributed by atoms with E-state index >= 15 is 0 Å². The van der Waals surface area contributed by atoms with Gasteiger partial charge >= 0.3 is 0 Å². The lowest BCUT2D eigenvalue weighted by atomic mass is 10.4. The number of ether oxygens (including phenoxy) is 1. The molecule has 0 bridgehead atoms. The molecule has 0 aliphatic heterocycles. The molecule has 1 amide bonds. The summed E-state index contributed by atoms with van der Waals surface area (Å²) in [7, 11) is 3.23. The Morgan fingerprint density at radius 3 is 2.89 bits per heavy atom. The van der Waals surface area contributed by atoms with Crippen molar-refractivity contribution in [1.82, 2.24) is 16.0 Å². The van der Waals surface area contributed by atoms with Crippen molar-refractivity contribution in [3.63, 3.8) is 0 Å². The van der Waals surface area contributed by atoms with Crippen LogP contribution in [0, 0.1) is 0 Å². The van der Waals surface area contributed by atoms with Gasteiger partial charge in [-0.25, -0.2) is 0 Å². The molecule has 0 fully saturated rings. The number of nitrogens with zero attached hydrogens (tertiary/aromatic N) is 1. The number of hydrogen-bond acceptors (Lipinski definition) is 4. The Labute approximate surface area is 112 Å². The van der Waals surface area contributed by atoms with Crippen molar-refractivity contribution < 1.29 is 13.9 Å². The van der Waals surface area contributed by atoms with Gasteiger partial charge in [-0.2, -0.15) is 0 Å². The van der Waals surface area contributed by atoms with Crippen molar-refractivity contribution in [2.45, 2.75) is 6.54 Å². The van der Waals surface area contributed by atoms with Gasteiger partial charge in [-0.15, -0.1) is 0 Å². The number of guanidine groups is 1. The topological polar surface area (TPSA) is 87.9 Å². The number of aliphatic imine (C=N–C) groups is 1. The number of methoxy groups -OCH3 is 1. The highest BCUT2D eigenvalue weighted by molar-refractivity contribution is 5.86. The Morgan fingerprint density at radius 2 is 2.26 bits per heavy atom. The highest BCUT2D eigenvalue weighted by Gasteiger charge is 2.03. The maximum absolute atomic E-state index is 11.4. The summed E-state index contributed by atoms with van der Waals surface area (Å²) in [6.07, 6.45) is 1.61. The van der Waals surface area contributed by atoms with Gasteiger partial charge in [0.15, 0.2) is 5.96 Å². The van der Waals surface area contributed by atoms with Gasteiger partial charge in [-0.3, -0.25) is 9.79 Å². The van der Waals surface area contributed by atoms with Gasteiger partial charge in [-0.05, 0) is 12.1 Å². The van der Waals surface area contributed by atoms with E-state index in [9.17, 15) is 4.79 Å². The van der Waals surface area contributed by atoms with E-state index in [1.165, 1.54) is 0 Å². The van der Waals surface area contributed by atoms with Crippen molar-refractivity contribution in [3.8, 4) is 0 Å². The van der Waals surface area contributed by atoms with Crippen LogP contribution < -0.4 is 16.0 Å². The Morgan fingerprint density at radius 1 is 1.42 bits per heavy atom. The molecule has 1 rings (SSSR count). The van der Waals surface area contributed by atoms with Crippen molar-refractivity contribution in [3.05, 3.63) is 24.2 Å². The molecule has 0 spiro atoms. The molecule has 0 saturated heterocycles. The molecular formula is C12H20N4O3. The summed E-state index contributed by atoms with van der Waals surface area (Å²) in [6.45, 7) is 1.66. The fourth-order valence-corrected chi connectivity index (χ4v) is 1.32. The summed E-state index contributed by atoms with van der Waals surface area (Å²) in [4.78, 5) is 15.4. The van der Waals surface area contributed by atoms with Crippen LogP contribution in [0.5, 0.6) is 0 Å². The average molecular weight is 268 g/mol. The predicted octanol–water partition coefficient (Wildman–Crippen LogP) is -0.293. The van der Waals surface area contributed by atoms with Crippen LogP contribution >= 0.6 is 0 Å². The highest BCUT2D eigenvalue weighted by atomic mass is 16.5. The monoisotopic (exact) mass is 268 g/mol. The van der Waals surface area contributed by atoms with Crippen LogP contribution in [-0.4, -0.2) is 45.7 Å². The van der Waals surface area contributed by atoms with Crippen molar-refractivity contribution in [2.24, 2.45) is 4.99 Å². The van der Waals surface area contributed by atoms with Gasteiger partial charge in [0.25, 0.3) is 0 Å². The number of carbonyl (C=O) groups excluding carboxylic acids is 1. The quantitative estimate of drug-likeness (QED) is 0.359. The first-order valence-electron chi connectivity index (χ1n) is 5.98. The first-order chi connectivity index (χ1) is 9.26. The van der Waals surface area contributed by atoms with E-state index in [4.69, 9.17) is 9.15 Å². The molecule has 0 radical (unpaired) electrons. The Hall–Kier alpha value is -2.02. The number of furan rings is 1. The normalized spacial score (nSPS) is 11.2. The first kappa shape index (κ1) is 15.0. The van der Waals surface area contributed by atoms with E-state index in [-0.39, 0.29) is 12.5 Å². The molecule has 0 aliphatic carbocycles. The van der Waals surface area contributed by atoms with Gasteiger partial charge in [0, 0.05) is 20.7 Å². The minimum Gasteiger partial charge on any atom is -0.467 e. The van der Waals surface area contributed by atoms with E-state index < -0.39 is 0 Å². The molecular weight excluding hydrogens is 248 g/mol. The number of nitrogens with one attached hydrogen (secondary N) is 3. The maximum Gasteiger partial charge on any atom is 0.239 e. The lowest BCUT2D eigenvalue weighted by Crippen LogP contribution is -2.43. The number of carbonyl (C=O) groups is 1. The highest BCUT2D eigenvalue weighted by Crippen LogP contribution is 1.97. The molecule has 0 aromatic carbocycles. The zero-order valence-corrected chi connectivity index (χ0v) is 11.2. The third-order valence-corrected chi connectivity index (χ3v) is 2.28. The summed E-state index contributed by atoms with van der Waals surface area (Å²) < 4.78 is 10.0. The molecule has 3 N–H and O–H groups in total. The summed E-state index contributed by atoms with van der Waals surface area (Å²) >= 11 is 0. The molecule has 0 atom stereocenters. The molecule has 1 heterocycles. The van der Waals surface area contributed by atoms with E-state index in [1.807, 2.05) is 12.1 Å². The average Bonchev–Trinajstić information content (AvgIpc) is 2.92. The third kappa shape index (κ3) is 6.46. The first-order valence-corrected chi connectivity index (χ1v) is 5.98. The zero-order valence-electron chi connectivity index (χ0n) is 11.2. The fourth-order valence-electron chi connectivity index (χ4n) is 1.32. The van der Waals surface area contributed by atoms with Gasteiger partial charge in [0.1, 0.15) is 5.76 Å². The van der Waals surface area contributed by atoms with Crippen LogP contribution in [0.3, 0.4) is 0 Å². The SMILES string of the molecule is CN=C(NCC(=O)NCCOC)NCc1ccco1. The number of rotatable bonds is 7. The molecule has 0 aliphatic rings. The Kier molecular flexibility index (Phi) is 7.11. The second kappa shape index (κ2) is 8.98. The van der Waals surface area contributed by atoms with Crippen LogP contribution in [0.1, 0.15) is 5.76 Å². The van der Waals surface area contributed by atoms with E-state index in [1.54, 1.807) is 20.4 Å². The van der Waals surface area contributed by atoms with Gasteiger partial charge in [0.2, 0.25) is 5.91 Å². The smallest absolute Gasteiger partial charge is 0.239 e. The Balaban J connectivity index is 2.19. The molecule has 7 nitrogen and oxygen atoms in total. The summed E-state index contributed by atoms with van der Waals surface area (Å²) in [5.41, 5.74) is 0. The summed E-state index contributed by atoms with van der Waals surface area (Å²) in [5, 5.41) is 8.64. The lowest BCUT2D eigenvalue weighted by molar-refractivity contribution is -0.120. The van der Waals surface area contributed by atoms with Crippen LogP contribution in [0.15, 0.2) is 27.8 Å². The van der Waals surface area contributed by atoms with Crippen LogP contribution in [0.25, 0.3) is 0 Å². The van der Waals surface area contributed by atoms with E-state index in [2.05, 4.69) is 20.9 Å². The second-order valence-electron chi connectivity index (χ2n) is 3.70. The molecule has 1 aromatic heterocycles. The van der Waals surface area contributed by atoms with Gasteiger partial charge in [0.05, 0.1) is 26.0 Å². The van der Waals surface area contributed by atoms with Crippen LogP contribution in [0.2, 0.25) is 0 Å². The molecule has 1 aromatic rings. The van der Waals surface area contributed by atoms with Gasteiger partial charge < -0.3 is 25.1 Å². The summed E-state index contributed by atoms with van der Waals surface area (Å²) in [5.74, 6) is 1.23. The van der Waals surface area contributed by atoms with Crippen molar-refractivity contribution >= 4 is 11.9 Å². The molecule has 0 saturated carbocycles. The second-order valence-corrected chi connectivity index (χ2v) is 3.70. The minimum atomic E-state index is -0.113. The summed E-state index contributed by atoms with van der Waals surface area (Å²) in [6, 6.07) is 3.67. The maximum atomic E-state index is 11.4. The number of amides is 1. The van der Waals surface area contributed by atoms with Crippen LogP contribution in [0.4, 0.5) is 0 Å². The zero-order chi connectivity index (χ0) is 13.9. The fraction of sp³-hybridized carbons (Fsp3) is 0.500. The van der Waals surface area contributed by atoms with Crippen LogP contribution in [-0.2, 0) is 16.1 Å². The lowest BCUT2D eigenvalue weighted by Gasteiger charge is -2.10. The molecule has 0 unspecified atom stereocenters. The minimum absolute atomic E-state index is 0.113. The molecule has 7 heteroatoms. The van der Waals surface area contributed by atoms with Gasteiger partial charge in [-0.1, -0.05) is 0 Å². The van der Waals surface area contributed by atoms with E-state index in [0.29, 0.717) is 25.7 Å².